The number of halogens is 2. The van der Waals surface area contributed by atoms with Crippen LogP contribution >= 0.6 is 0 Å². The van der Waals surface area contributed by atoms with E-state index in [1.54, 1.807) is 13.2 Å². The van der Waals surface area contributed by atoms with Crippen LogP contribution in [0.4, 0.5) is 13.6 Å². The molecule has 4 rings (SSSR count). The molecule has 0 heterocycles. The van der Waals surface area contributed by atoms with Crippen molar-refractivity contribution in [2.45, 2.75) is 43.7 Å². The standard InChI is InChI=1S/C31H34F2N2O5/c1-3-11-39-30-17-27(26-16-24(38-2)9-10-25(26)30)34-18-29(36)28(14-21-12-22(32)15-23(33)13-21)35-31(37)40-19-20-7-5-4-6-8-20/h3-10,12-13,15-16,27-30,34,36H,1,11,14,17-19H2,2H3,(H,35,37)/t27-,28?,29+,30+/m0/s1. The van der Waals surface area contributed by atoms with Gasteiger partial charge >= 0.3 is 6.09 Å². The van der Waals surface area contributed by atoms with Crippen molar-refractivity contribution in [3.05, 3.63) is 113 Å². The molecule has 0 aromatic heterocycles. The average Bonchev–Trinajstić information content (AvgIpc) is 3.29. The van der Waals surface area contributed by atoms with Crippen LogP contribution in [0.15, 0.2) is 79.4 Å². The first-order valence-electron chi connectivity index (χ1n) is 13.1. The molecule has 1 unspecified atom stereocenters. The highest BCUT2D eigenvalue weighted by molar-refractivity contribution is 5.67. The zero-order valence-electron chi connectivity index (χ0n) is 22.3. The number of aliphatic hydroxyl groups is 1. The average molecular weight is 553 g/mol. The number of methoxy groups -OCH3 is 1. The molecule has 9 heteroatoms. The Morgan fingerprint density at radius 3 is 2.52 bits per heavy atom. The van der Waals surface area contributed by atoms with Crippen LogP contribution in [0, 0.1) is 11.6 Å². The molecular weight excluding hydrogens is 518 g/mol. The molecule has 3 aromatic carbocycles. The highest BCUT2D eigenvalue weighted by Gasteiger charge is 2.33. The Labute approximate surface area is 232 Å². The number of ether oxygens (including phenoxy) is 3. The molecule has 0 radical (unpaired) electrons. The van der Waals surface area contributed by atoms with E-state index in [0.717, 1.165) is 22.8 Å². The highest BCUT2D eigenvalue weighted by atomic mass is 19.1. The molecule has 0 aliphatic heterocycles. The van der Waals surface area contributed by atoms with Crippen molar-refractivity contribution in [1.82, 2.24) is 10.6 Å². The smallest absolute Gasteiger partial charge is 0.407 e. The normalized spacial score (nSPS) is 17.5. The number of amides is 1. The van der Waals surface area contributed by atoms with E-state index in [0.29, 0.717) is 24.3 Å². The summed E-state index contributed by atoms with van der Waals surface area (Å²) >= 11 is 0. The Bertz CT molecular complexity index is 1270. The molecular formula is C31H34F2N2O5. The third kappa shape index (κ3) is 7.88. The first kappa shape index (κ1) is 29.2. The Hall–Kier alpha value is -3.79. The van der Waals surface area contributed by atoms with Crippen LogP contribution in [0.5, 0.6) is 5.75 Å². The summed E-state index contributed by atoms with van der Waals surface area (Å²) in [4.78, 5) is 12.6. The van der Waals surface area contributed by atoms with Crippen LogP contribution in [-0.4, -0.2) is 43.6 Å². The summed E-state index contributed by atoms with van der Waals surface area (Å²) < 4.78 is 44.4. The maximum absolute atomic E-state index is 13.9. The number of aliphatic hydroxyl groups excluding tert-OH is 1. The fourth-order valence-electron chi connectivity index (χ4n) is 4.87. The van der Waals surface area contributed by atoms with E-state index >= 15 is 0 Å². The van der Waals surface area contributed by atoms with Crippen LogP contribution in [0.25, 0.3) is 0 Å². The molecule has 0 saturated heterocycles. The second kappa shape index (κ2) is 14.0. The SMILES string of the molecule is C=CCO[C@@H]1C[C@H](NC[C@@H](O)C(Cc2cc(F)cc(F)c2)NC(=O)OCc2ccccc2)c2cc(OC)ccc21. The number of alkyl carbamates (subject to hydrolysis) is 1. The van der Waals surface area contributed by atoms with Gasteiger partial charge in [0, 0.05) is 18.7 Å². The summed E-state index contributed by atoms with van der Waals surface area (Å²) in [6.45, 7) is 4.23. The Kier molecular flexibility index (Phi) is 10.2. The summed E-state index contributed by atoms with van der Waals surface area (Å²) in [5, 5.41) is 17.2. The van der Waals surface area contributed by atoms with Crippen molar-refractivity contribution >= 4 is 6.09 Å². The van der Waals surface area contributed by atoms with Gasteiger partial charge < -0.3 is 30.0 Å². The molecule has 3 N–H and O–H groups in total. The zero-order chi connectivity index (χ0) is 28.5. The summed E-state index contributed by atoms with van der Waals surface area (Å²) in [5.74, 6) is -0.783. The van der Waals surface area contributed by atoms with Gasteiger partial charge in [-0.25, -0.2) is 13.6 Å². The molecule has 0 spiro atoms. The quantitative estimate of drug-likeness (QED) is 0.254. The van der Waals surface area contributed by atoms with E-state index in [1.807, 2.05) is 48.5 Å². The molecule has 0 bridgehead atoms. The predicted octanol–water partition coefficient (Wildman–Crippen LogP) is 5.15. The third-order valence-electron chi connectivity index (χ3n) is 6.81. The number of benzene rings is 3. The van der Waals surface area contributed by atoms with Crippen molar-refractivity contribution in [3.8, 4) is 5.75 Å². The fraction of sp³-hybridized carbons (Fsp3) is 0.323. The third-order valence-corrected chi connectivity index (χ3v) is 6.81. The number of carbonyl (C=O) groups excluding carboxylic acids is 1. The first-order valence-corrected chi connectivity index (χ1v) is 13.1. The van der Waals surface area contributed by atoms with Gasteiger partial charge in [-0.3, -0.25) is 0 Å². The predicted molar refractivity (Wildman–Crippen MR) is 147 cm³/mol. The van der Waals surface area contributed by atoms with E-state index in [4.69, 9.17) is 14.2 Å². The van der Waals surface area contributed by atoms with Gasteiger partial charge in [-0.05, 0) is 59.4 Å². The maximum atomic E-state index is 13.9. The van der Waals surface area contributed by atoms with Crippen molar-refractivity contribution < 1.29 is 32.9 Å². The van der Waals surface area contributed by atoms with Gasteiger partial charge in [-0.15, -0.1) is 6.58 Å². The number of fused-ring (bicyclic) bond motifs is 1. The Morgan fingerprint density at radius 2 is 1.82 bits per heavy atom. The Balaban J connectivity index is 1.45. The van der Waals surface area contributed by atoms with Crippen molar-refractivity contribution in [3.63, 3.8) is 0 Å². The lowest BCUT2D eigenvalue weighted by Crippen LogP contribution is -2.49. The Morgan fingerprint density at radius 1 is 1.07 bits per heavy atom. The molecule has 4 atom stereocenters. The van der Waals surface area contributed by atoms with Crippen LogP contribution in [0.3, 0.4) is 0 Å². The van der Waals surface area contributed by atoms with Crippen LogP contribution in [0.1, 0.15) is 40.8 Å². The molecule has 1 aliphatic carbocycles. The molecule has 1 aliphatic rings. The highest BCUT2D eigenvalue weighted by Crippen LogP contribution is 2.42. The number of carbonyl (C=O) groups is 1. The molecule has 0 fully saturated rings. The molecule has 3 aromatic rings. The molecule has 212 valence electrons. The van der Waals surface area contributed by atoms with Crippen molar-refractivity contribution in [2.75, 3.05) is 20.3 Å². The minimum absolute atomic E-state index is 0.0158. The molecule has 7 nitrogen and oxygen atoms in total. The number of rotatable bonds is 13. The van der Waals surface area contributed by atoms with E-state index in [9.17, 15) is 18.7 Å². The molecule has 40 heavy (non-hydrogen) atoms. The van der Waals surface area contributed by atoms with E-state index < -0.39 is 29.9 Å². The number of hydrogen-bond acceptors (Lipinski definition) is 6. The van der Waals surface area contributed by atoms with Gasteiger partial charge in [0.2, 0.25) is 0 Å². The second-order valence-electron chi connectivity index (χ2n) is 9.66. The lowest BCUT2D eigenvalue weighted by atomic mass is 10.00. The van der Waals surface area contributed by atoms with E-state index in [2.05, 4.69) is 17.2 Å². The van der Waals surface area contributed by atoms with Crippen molar-refractivity contribution in [2.24, 2.45) is 0 Å². The van der Waals surface area contributed by atoms with Gasteiger partial charge in [-0.1, -0.05) is 42.5 Å². The largest absolute Gasteiger partial charge is 0.497 e. The van der Waals surface area contributed by atoms with Gasteiger partial charge in [0.1, 0.15) is 24.0 Å². The number of hydrogen-bond donors (Lipinski definition) is 3. The lowest BCUT2D eigenvalue weighted by Gasteiger charge is -2.26. The van der Waals surface area contributed by atoms with E-state index in [-0.39, 0.29) is 31.7 Å². The van der Waals surface area contributed by atoms with Crippen LogP contribution < -0.4 is 15.4 Å². The summed E-state index contributed by atoms with van der Waals surface area (Å²) in [5.41, 5.74) is 3.09. The summed E-state index contributed by atoms with van der Waals surface area (Å²) in [6, 6.07) is 17.0. The lowest BCUT2D eigenvalue weighted by molar-refractivity contribution is 0.0667. The van der Waals surface area contributed by atoms with Gasteiger partial charge in [0.05, 0.1) is 32.0 Å². The summed E-state index contributed by atoms with van der Waals surface area (Å²) in [6.07, 6.45) is 0.269. The van der Waals surface area contributed by atoms with Crippen molar-refractivity contribution in [1.29, 1.82) is 0 Å². The topological polar surface area (TPSA) is 89.1 Å². The maximum Gasteiger partial charge on any atom is 0.407 e. The fourth-order valence-corrected chi connectivity index (χ4v) is 4.87. The summed E-state index contributed by atoms with van der Waals surface area (Å²) in [7, 11) is 1.59. The number of nitrogens with one attached hydrogen (secondary N) is 2. The van der Waals surface area contributed by atoms with Gasteiger partial charge in [0.15, 0.2) is 0 Å². The van der Waals surface area contributed by atoms with Gasteiger partial charge in [0.25, 0.3) is 0 Å². The molecule has 1 amide bonds. The second-order valence-corrected chi connectivity index (χ2v) is 9.66. The van der Waals surface area contributed by atoms with Gasteiger partial charge in [-0.2, -0.15) is 0 Å². The first-order chi connectivity index (χ1) is 19.4. The van der Waals surface area contributed by atoms with E-state index in [1.165, 1.54) is 12.1 Å². The van der Waals surface area contributed by atoms with Crippen LogP contribution in [-0.2, 0) is 22.5 Å². The minimum atomic E-state index is -1.11. The van der Waals surface area contributed by atoms with Crippen LogP contribution in [0.2, 0.25) is 0 Å². The minimum Gasteiger partial charge on any atom is -0.497 e. The zero-order valence-corrected chi connectivity index (χ0v) is 22.3. The monoisotopic (exact) mass is 552 g/mol. The molecule has 0 saturated carbocycles.